The third-order valence-corrected chi connectivity index (χ3v) is 2.68. The second kappa shape index (κ2) is 4.84. The van der Waals surface area contributed by atoms with Crippen LogP contribution in [0.15, 0.2) is 30.3 Å². The van der Waals surface area contributed by atoms with Crippen molar-refractivity contribution in [1.82, 2.24) is 0 Å². The summed E-state index contributed by atoms with van der Waals surface area (Å²) in [6.07, 6.45) is 0. The van der Waals surface area contributed by atoms with Crippen LogP contribution in [-0.4, -0.2) is 5.78 Å². The highest BCUT2D eigenvalue weighted by Crippen LogP contribution is 2.21. The smallest absolute Gasteiger partial charge is 0.201 e. The summed E-state index contributed by atoms with van der Waals surface area (Å²) in [6.45, 7) is 1.32. The lowest BCUT2D eigenvalue weighted by molar-refractivity contribution is 0.102. The molecule has 0 heterocycles. The number of ketones is 1. The quantitative estimate of drug-likeness (QED) is 0.598. The number of carbonyl (C=O) groups excluding carboxylic acids is 1. The van der Waals surface area contributed by atoms with Crippen LogP contribution in [0.3, 0.4) is 0 Å². The molecule has 2 aromatic carbocycles. The first-order chi connectivity index (χ1) is 8.91. The number of benzene rings is 2. The van der Waals surface area contributed by atoms with Gasteiger partial charge in [-0.3, -0.25) is 4.79 Å². The first kappa shape index (κ1) is 13.3. The molecule has 0 bridgehead atoms. The van der Waals surface area contributed by atoms with Crippen molar-refractivity contribution in [3.8, 4) is 0 Å². The molecule has 0 aliphatic carbocycles. The second-order valence-corrected chi connectivity index (χ2v) is 4.01. The Morgan fingerprint density at radius 1 is 0.895 bits per heavy atom. The molecule has 0 aliphatic heterocycles. The predicted molar refractivity (Wildman–Crippen MR) is 60.9 cm³/mol. The normalized spacial score (nSPS) is 10.6. The zero-order valence-corrected chi connectivity index (χ0v) is 9.81. The lowest BCUT2D eigenvalue weighted by Gasteiger charge is -2.07. The summed E-state index contributed by atoms with van der Waals surface area (Å²) in [5.74, 6) is -5.33. The van der Waals surface area contributed by atoms with E-state index in [1.165, 1.54) is 6.92 Å². The average molecular weight is 268 g/mol. The fourth-order valence-electron chi connectivity index (χ4n) is 1.68. The number of aryl methyl sites for hydroxylation is 1. The highest BCUT2D eigenvalue weighted by atomic mass is 19.1. The van der Waals surface area contributed by atoms with Crippen molar-refractivity contribution in [1.29, 1.82) is 0 Å². The van der Waals surface area contributed by atoms with Crippen molar-refractivity contribution in [2.24, 2.45) is 0 Å². The SMILES string of the molecule is Cc1cc(C(=O)c2c(F)cccc2F)c(F)cc1F. The van der Waals surface area contributed by atoms with Gasteiger partial charge in [-0.2, -0.15) is 0 Å². The zero-order valence-electron chi connectivity index (χ0n) is 9.81. The molecule has 0 atom stereocenters. The maximum atomic E-state index is 13.5. The molecule has 0 radical (unpaired) electrons. The minimum atomic E-state index is -1.16. The Morgan fingerprint density at radius 2 is 1.47 bits per heavy atom. The van der Waals surface area contributed by atoms with Crippen LogP contribution in [0, 0.1) is 30.2 Å². The van der Waals surface area contributed by atoms with E-state index in [4.69, 9.17) is 0 Å². The first-order valence-corrected chi connectivity index (χ1v) is 5.36. The monoisotopic (exact) mass is 268 g/mol. The van der Waals surface area contributed by atoms with Crippen molar-refractivity contribution in [3.63, 3.8) is 0 Å². The molecular formula is C14H8F4O. The van der Waals surface area contributed by atoms with E-state index < -0.39 is 40.2 Å². The summed E-state index contributed by atoms with van der Waals surface area (Å²) < 4.78 is 53.5. The van der Waals surface area contributed by atoms with Crippen LogP contribution in [0.1, 0.15) is 21.5 Å². The molecule has 1 nitrogen and oxygen atoms in total. The van der Waals surface area contributed by atoms with Gasteiger partial charge in [-0.1, -0.05) is 6.07 Å². The van der Waals surface area contributed by atoms with Crippen molar-refractivity contribution in [2.45, 2.75) is 6.92 Å². The molecule has 0 spiro atoms. The van der Waals surface area contributed by atoms with Gasteiger partial charge in [0.1, 0.15) is 23.3 Å². The molecule has 2 rings (SSSR count). The van der Waals surface area contributed by atoms with Gasteiger partial charge in [-0.05, 0) is 30.7 Å². The van der Waals surface area contributed by atoms with Gasteiger partial charge in [0.25, 0.3) is 0 Å². The number of hydrogen-bond acceptors (Lipinski definition) is 1. The Balaban J connectivity index is 2.60. The van der Waals surface area contributed by atoms with Crippen LogP contribution in [0.2, 0.25) is 0 Å². The van der Waals surface area contributed by atoms with Crippen molar-refractivity contribution in [3.05, 3.63) is 70.3 Å². The van der Waals surface area contributed by atoms with Gasteiger partial charge >= 0.3 is 0 Å². The van der Waals surface area contributed by atoms with Crippen LogP contribution in [-0.2, 0) is 0 Å². The van der Waals surface area contributed by atoms with Gasteiger partial charge in [0.05, 0.1) is 11.1 Å². The van der Waals surface area contributed by atoms with E-state index >= 15 is 0 Å². The van der Waals surface area contributed by atoms with Crippen LogP contribution in [0.4, 0.5) is 17.6 Å². The maximum absolute atomic E-state index is 13.5. The van der Waals surface area contributed by atoms with Gasteiger partial charge in [0, 0.05) is 6.07 Å². The molecular weight excluding hydrogens is 260 g/mol. The van der Waals surface area contributed by atoms with Crippen LogP contribution < -0.4 is 0 Å². The van der Waals surface area contributed by atoms with Crippen molar-refractivity contribution < 1.29 is 22.4 Å². The Kier molecular flexibility index (Phi) is 3.38. The summed E-state index contributed by atoms with van der Waals surface area (Å²) in [6, 6.07) is 4.32. The molecule has 0 aliphatic rings. The Labute approximate surface area is 106 Å². The molecule has 0 amide bonds. The minimum absolute atomic E-state index is 0.0153. The summed E-state index contributed by atoms with van der Waals surface area (Å²) in [4.78, 5) is 11.9. The second-order valence-electron chi connectivity index (χ2n) is 4.01. The Bertz CT molecular complexity index is 644. The van der Waals surface area contributed by atoms with Crippen LogP contribution in [0.25, 0.3) is 0 Å². The summed E-state index contributed by atoms with van der Waals surface area (Å²) in [5.41, 5.74) is -1.41. The summed E-state index contributed by atoms with van der Waals surface area (Å²) in [7, 11) is 0. The molecule has 0 saturated heterocycles. The van der Waals surface area contributed by atoms with Gasteiger partial charge in [0.2, 0.25) is 5.78 Å². The molecule has 0 saturated carbocycles. The lowest BCUT2D eigenvalue weighted by atomic mass is 10.00. The van der Waals surface area contributed by atoms with E-state index in [0.717, 1.165) is 24.3 Å². The standard InChI is InChI=1S/C14H8F4O/c1-7-5-8(12(18)6-11(7)17)14(19)13-9(15)3-2-4-10(13)16/h2-6H,1H3. The number of hydrogen-bond donors (Lipinski definition) is 0. The van der Waals surface area contributed by atoms with E-state index in [9.17, 15) is 22.4 Å². The van der Waals surface area contributed by atoms with Gasteiger partial charge < -0.3 is 0 Å². The van der Waals surface area contributed by atoms with Crippen molar-refractivity contribution >= 4 is 5.78 Å². The average Bonchev–Trinajstić information content (AvgIpc) is 2.33. The Hall–Kier alpha value is -2.17. The first-order valence-electron chi connectivity index (χ1n) is 5.36. The highest BCUT2D eigenvalue weighted by Gasteiger charge is 2.22. The molecule has 2 aromatic rings. The van der Waals surface area contributed by atoms with Crippen molar-refractivity contribution in [2.75, 3.05) is 0 Å². The Morgan fingerprint density at radius 3 is 2.05 bits per heavy atom. The van der Waals surface area contributed by atoms with E-state index in [0.29, 0.717) is 6.07 Å². The lowest BCUT2D eigenvalue weighted by Crippen LogP contribution is -2.10. The van der Waals surface area contributed by atoms with Gasteiger partial charge in [-0.15, -0.1) is 0 Å². The molecule has 0 aromatic heterocycles. The fraction of sp³-hybridized carbons (Fsp3) is 0.0714. The van der Waals surface area contributed by atoms with E-state index in [1.54, 1.807) is 0 Å². The predicted octanol–water partition coefficient (Wildman–Crippen LogP) is 3.78. The van der Waals surface area contributed by atoms with E-state index in [1.807, 2.05) is 0 Å². The van der Waals surface area contributed by atoms with E-state index in [2.05, 4.69) is 0 Å². The largest absolute Gasteiger partial charge is 0.288 e. The third kappa shape index (κ3) is 2.36. The molecule has 0 unspecified atom stereocenters. The number of halogens is 4. The maximum Gasteiger partial charge on any atom is 0.201 e. The summed E-state index contributed by atoms with van der Waals surface area (Å²) >= 11 is 0. The topological polar surface area (TPSA) is 17.1 Å². The van der Waals surface area contributed by atoms with Gasteiger partial charge in [-0.25, -0.2) is 17.6 Å². The number of rotatable bonds is 2. The highest BCUT2D eigenvalue weighted by molar-refractivity contribution is 6.09. The van der Waals surface area contributed by atoms with Gasteiger partial charge in [0.15, 0.2) is 0 Å². The van der Waals surface area contributed by atoms with E-state index in [-0.39, 0.29) is 5.56 Å². The molecule has 5 heteroatoms. The molecule has 0 fully saturated rings. The molecule has 0 N–H and O–H groups in total. The van der Waals surface area contributed by atoms with Crippen LogP contribution >= 0.6 is 0 Å². The summed E-state index contributed by atoms with van der Waals surface area (Å²) in [5, 5.41) is 0. The fourth-order valence-corrected chi connectivity index (χ4v) is 1.68. The minimum Gasteiger partial charge on any atom is -0.288 e. The molecule has 19 heavy (non-hydrogen) atoms. The van der Waals surface area contributed by atoms with Crippen LogP contribution in [0.5, 0.6) is 0 Å². The zero-order chi connectivity index (χ0) is 14.2. The number of carbonyl (C=O) groups is 1. The third-order valence-electron chi connectivity index (χ3n) is 2.68. The molecule has 98 valence electrons.